The van der Waals surface area contributed by atoms with Crippen molar-refractivity contribution in [1.82, 2.24) is 9.78 Å². The van der Waals surface area contributed by atoms with E-state index in [1.807, 2.05) is 24.3 Å². The van der Waals surface area contributed by atoms with E-state index >= 15 is 0 Å². The van der Waals surface area contributed by atoms with E-state index in [0.29, 0.717) is 5.69 Å². The molecule has 4 nitrogen and oxygen atoms in total. The summed E-state index contributed by atoms with van der Waals surface area (Å²) in [4.78, 5) is 11.1. The molecule has 0 radical (unpaired) electrons. The standard InChI is InChI=1S/C13H14N2O2/c1-3-9-5-4-6-10(7-9)12-11(13(16)17)8-14-15(12)2/h4-8H,3H2,1-2H3,(H,16,17). The van der Waals surface area contributed by atoms with Crippen LogP contribution in [0.2, 0.25) is 0 Å². The van der Waals surface area contributed by atoms with Crippen molar-refractivity contribution in [1.29, 1.82) is 0 Å². The predicted molar refractivity (Wildman–Crippen MR) is 65.0 cm³/mol. The van der Waals surface area contributed by atoms with Crippen molar-refractivity contribution in [2.45, 2.75) is 13.3 Å². The van der Waals surface area contributed by atoms with Crippen molar-refractivity contribution in [2.75, 3.05) is 0 Å². The second kappa shape index (κ2) is 4.41. The topological polar surface area (TPSA) is 55.1 Å². The van der Waals surface area contributed by atoms with Gasteiger partial charge < -0.3 is 5.11 Å². The van der Waals surface area contributed by atoms with Crippen LogP contribution in [0.25, 0.3) is 11.3 Å². The van der Waals surface area contributed by atoms with Gasteiger partial charge in [-0.1, -0.05) is 25.1 Å². The third kappa shape index (κ3) is 2.06. The van der Waals surface area contributed by atoms with Gasteiger partial charge >= 0.3 is 5.97 Å². The van der Waals surface area contributed by atoms with Crippen molar-refractivity contribution < 1.29 is 9.90 Å². The second-order valence-electron chi connectivity index (χ2n) is 3.89. The average molecular weight is 230 g/mol. The summed E-state index contributed by atoms with van der Waals surface area (Å²) < 4.78 is 1.60. The highest BCUT2D eigenvalue weighted by Gasteiger charge is 2.16. The smallest absolute Gasteiger partial charge is 0.339 e. The summed E-state index contributed by atoms with van der Waals surface area (Å²) in [6.45, 7) is 2.07. The van der Waals surface area contributed by atoms with Crippen molar-refractivity contribution in [3.05, 3.63) is 41.6 Å². The summed E-state index contributed by atoms with van der Waals surface area (Å²) in [7, 11) is 1.75. The first-order chi connectivity index (χ1) is 8.13. The SMILES string of the molecule is CCc1cccc(-c2c(C(=O)O)cnn2C)c1. The molecule has 17 heavy (non-hydrogen) atoms. The number of nitrogens with zero attached hydrogens (tertiary/aromatic N) is 2. The summed E-state index contributed by atoms with van der Waals surface area (Å²) in [6.07, 6.45) is 2.31. The summed E-state index contributed by atoms with van der Waals surface area (Å²) in [5, 5.41) is 13.1. The minimum Gasteiger partial charge on any atom is -0.478 e. The van der Waals surface area contributed by atoms with Gasteiger partial charge in [0.15, 0.2) is 0 Å². The number of aromatic carboxylic acids is 1. The summed E-state index contributed by atoms with van der Waals surface area (Å²) >= 11 is 0. The molecule has 0 saturated heterocycles. The Labute approximate surface area is 99.5 Å². The predicted octanol–water partition coefficient (Wildman–Crippen LogP) is 2.35. The Bertz CT molecular complexity index is 558. The molecule has 0 amide bonds. The zero-order valence-electron chi connectivity index (χ0n) is 9.84. The molecule has 0 bridgehead atoms. The molecule has 4 heteroatoms. The van der Waals surface area contributed by atoms with Gasteiger partial charge in [0.25, 0.3) is 0 Å². The largest absolute Gasteiger partial charge is 0.478 e. The third-order valence-electron chi connectivity index (χ3n) is 2.78. The number of benzene rings is 1. The van der Waals surface area contributed by atoms with Gasteiger partial charge in [-0.3, -0.25) is 4.68 Å². The van der Waals surface area contributed by atoms with Crippen LogP contribution in [0.3, 0.4) is 0 Å². The number of hydrogen-bond acceptors (Lipinski definition) is 2. The number of carbonyl (C=O) groups is 1. The Morgan fingerprint density at radius 3 is 2.88 bits per heavy atom. The van der Waals surface area contributed by atoms with Gasteiger partial charge in [0.2, 0.25) is 0 Å². The molecule has 88 valence electrons. The normalized spacial score (nSPS) is 10.5. The maximum Gasteiger partial charge on any atom is 0.339 e. The lowest BCUT2D eigenvalue weighted by molar-refractivity contribution is 0.0697. The lowest BCUT2D eigenvalue weighted by atomic mass is 10.0. The fourth-order valence-corrected chi connectivity index (χ4v) is 1.87. The van der Waals surface area contributed by atoms with Crippen LogP contribution in [0, 0.1) is 0 Å². The third-order valence-corrected chi connectivity index (χ3v) is 2.78. The number of aromatic nitrogens is 2. The lowest BCUT2D eigenvalue weighted by Gasteiger charge is -2.06. The van der Waals surface area contributed by atoms with Crippen LogP contribution in [-0.2, 0) is 13.5 Å². The molecule has 1 aromatic heterocycles. The molecule has 0 spiro atoms. The number of rotatable bonds is 3. The highest BCUT2D eigenvalue weighted by atomic mass is 16.4. The van der Waals surface area contributed by atoms with Crippen molar-refractivity contribution in [2.24, 2.45) is 7.05 Å². The first-order valence-corrected chi connectivity index (χ1v) is 5.48. The molecule has 0 fully saturated rings. The number of carboxylic acid groups (broad SMARTS) is 1. The van der Waals surface area contributed by atoms with E-state index in [4.69, 9.17) is 5.11 Å². The maximum absolute atomic E-state index is 11.1. The molecule has 1 aromatic carbocycles. The van der Waals surface area contributed by atoms with Gasteiger partial charge in [0.1, 0.15) is 5.56 Å². The van der Waals surface area contributed by atoms with Gasteiger partial charge in [-0.2, -0.15) is 5.10 Å². The van der Waals surface area contributed by atoms with E-state index in [9.17, 15) is 4.79 Å². The Morgan fingerprint density at radius 1 is 1.47 bits per heavy atom. The van der Waals surface area contributed by atoms with E-state index in [1.54, 1.807) is 11.7 Å². The fourth-order valence-electron chi connectivity index (χ4n) is 1.87. The van der Waals surface area contributed by atoms with Crippen LogP contribution < -0.4 is 0 Å². The van der Waals surface area contributed by atoms with Crippen molar-refractivity contribution >= 4 is 5.97 Å². The molecule has 2 aromatic rings. The Morgan fingerprint density at radius 2 is 2.24 bits per heavy atom. The highest BCUT2D eigenvalue weighted by molar-refractivity contribution is 5.94. The van der Waals surface area contributed by atoms with E-state index in [0.717, 1.165) is 12.0 Å². The number of carboxylic acids is 1. The zero-order chi connectivity index (χ0) is 12.4. The first-order valence-electron chi connectivity index (χ1n) is 5.48. The fraction of sp³-hybridized carbons (Fsp3) is 0.231. The van der Waals surface area contributed by atoms with E-state index in [2.05, 4.69) is 12.0 Å². The van der Waals surface area contributed by atoms with Gasteiger partial charge in [-0.25, -0.2) is 4.79 Å². The molecule has 1 heterocycles. The molecule has 0 atom stereocenters. The molecule has 0 aliphatic heterocycles. The van der Waals surface area contributed by atoms with E-state index in [1.165, 1.54) is 11.8 Å². The van der Waals surface area contributed by atoms with E-state index in [-0.39, 0.29) is 5.56 Å². The lowest BCUT2D eigenvalue weighted by Crippen LogP contribution is -2.00. The second-order valence-corrected chi connectivity index (χ2v) is 3.89. The van der Waals surface area contributed by atoms with Crippen LogP contribution in [0.15, 0.2) is 30.5 Å². The van der Waals surface area contributed by atoms with Crippen LogP contribution in [0.1, 0.15) is 22.8 Å². The molecule has 2 rings (SSSR count). The van der Waals surface area contributed by atoms with Gasteiger partial charge in [-0.15, -0.1) is 0 Å². The van der Waals surface area contributed by atoms with Crippen LogP contribution in [0.4, 0.5) is 0 Å². The Hall–Kier alpha value is -2.10. The van der Waals surface area contributed by atoms with Crippen molar-refractivity contribution in [3.8, 4) is 11.3 Å². The molecule has 0 unspecified atom stereocenters. The van der Waals surface area contributed by atoms with Crippen LogP contribution >= 0.6 is 0 Å². The zero-order valence-corrected chi connectivity index (χ0v) is 9.84. The molecule has 0 aliphatic rings. The molecule has 0 saturated carbocycles. The summed E-state index contributed by atoms with van der Waals surface area (Å²) in [6, 6.07) is 7.87. The minimum absolute atomic E-state index is 0.237. The van der Waals surface area contributed by atoms with Gasteiger partial charge in [0, 0.05) is 12.6 Å². The maximum atomic E-state index is 11.1. The molecule has 0 aliphatic carbocycles. The quantitative estimate of drug-likeness (QED) is 0.880. The van der Waals surface area contributed by atoms with Gasteiger partial charge in [-0.05, 0) is 18.1 Å². The number of hydrogen-bond donors (Lipinski definition) is 1. The molecule has 1 N–H and O–H groups in total. The monoisotopic (exact) mass is 230 g/mol. The summed E-state index contributed by atoms with van der Waals surface area (Å²) in [5.41, 5.74) is 2.95. The highest BCUT2D eigenvalue weighted by Crippen LogP contribution is 2.24. The van der Waals surface area contributed by atoms with Crippen LogP contribution in [-0.4, -0.2) is 20.9 Å². The average Bonchev–Trinajstić information content (AvgIpc) is 2.71. The Kier molecular flexibility index (Phi) is 2.95. The van der Waals surface area contributed by atoms with Crippen molar-refractivity contribution in [3.63, 3.8) is 0 Å². The van der Waals surface area contributed by atoms with Crippen LogP contribution in [0.5, 0.6) is 0 Å². The number of aryl methyl sites for hydroxylation is 2. The van der Waals surface area contributed by atoms with E-state index < -0.39 is 5.97 Å². The minimum atomic E-state index is -0.949. The first kappa shape index (κ1) is 11.4. The molecular formula is C13H14N2O2. The molecular weight excluding hydrogens is 216 g/mol. The summed E-state index contributed by atoms with van der Waals surface area (Å²) in [5.74, 6) is -0.949. The van der Waals surface area contributed by atoms with Gasteiger partial charge in [0.05, 0.1) is 11.9 Å². The Balaban J connectivity index is 2.59.